The number of carbonyl (C=O) groups is 1. The monoisotopic (exact) mass is 294 g/mol. The molecule has 22 heavy (non-hydrogen) atoms. The summed E-state index contributed by atoms with van der Waals surface area (Å²) in [6, 6.07) is 13.7. The Morgan fingerprint density at radius 2 is 2.18 bits per heavy atom. The Kier molecular flexibility index (Phi) is 2.83. The molecule has 112 valence electrons. The normalized spacial score (nSPS) is 23.9. The molecule has 0 radical (unpaired) electrons. The Morgan fingerprint density at radius 3 is 2.95 bits per heavy atom. The van der Waals surface area contributed by atoms with Crippen molar-refractivity contribution in [3.8, 4) is 6.07 Å². The van der Waals surface area contributed by atoms with Crippen molar-refractivity contribution in [1.29, 1.82) is 5.26 Å². The Morgan fingerprint density at radius 1 is 1.32 bits per heavy atom. The van der Waals surface area contributed by atoms with Crippen LogP contribution in [0.25, 0.3) is 0 Å². The van der Waals surface area contributed by atoms with Gasteiger partial charge in [-0.25, -0.2) is 9.78 Å². The first kappa shape index (κ1) is 12.8. The zero-order chi connectivity index (χ0) is 15.1. The van der Waals surface area contributed by atoms with E-state index < -0.39 is 0 Å². The van der Waals surface area contributed by atoms with E-state index in [4.69, 9.17) is 5.26 Å². The van der Waals surface area contributed by atoms with E-state index in [9.17, 15) is 4.79 Å². The van der Waals surface area contributed by atoms with E-state index in [1.54, 1.807) is 12.1 Å². The van der Waals surface area contributed by atoms with Gasteiger partial charge in [0.2, 0.25) is 0 Å². The number of aromatic nitrogens is 1. The first-order valence-electron chi connectivity index (χ1n) is 7.28. The number of anilines is 1. The number of hydrogen-bond donors (Lipinski definition) is 2. The maximum absolute atomic E-state index is 12.0. The second-order valence-electron chi connectivity index (χ2n) is 5.76. The van der Waals surface area contributed by atoms with Gasteiger partial charge in [0.15, 0.2) is 0 Å². The fraction of sp³-hybridized carbons (Fsp3) is 0.235. The summed E-state index contributed by atoms with van der Waals surface area (Å²) in [5.41, 5.74) is 3.25. The van der Waals surface area contributed by atoms with Crippen molar-refractivity contribution in [1.82, 2.24) is 10.3 Å². The predicted molar refractivity (Wildman–Crippen MR) is 85.5 cm³/mol. The smallest absolute Gasteiger partial charge is 0.320 e. The summed E-state index contributed by atoms with van der Waals surface area (Å²) in [6.07, 6.45) is 2.48. The third-order valence-electron chi connectivity index (χ3n) is 4.47. The van der Waals surface area contributed by atoms with Gasteiger partial charge in [0.25, 0.3) is 0 Å². The number of fused-ring (bicyclic) bond motifs is 3. The van der Waals surface area contributed by atoms with E-state index in [0.29, 0.717) is 23.2 Å². The second kappa shape index (κ2) is 4.85. The van der Waals surface area contributed by atoms with Crippen LogP contribution in [0.1, 0.15) is 25.5 Å². The van der Waals surface area contributed by atoms with Crippen molar-refractivity contribution in [2.75, 3.05) is 5.32 Å². The van der Waals surface area contributed by atoms with Crippen molar-refractivity contribution in [3.05, 3.63) is 59.3 Å². The van der Waals surface area contributed by atoms with E-state index >= 15 is 0 Å². The molecule has 2 aromatic rings. The van der Waals surface area contributed by atoms with Crippen LogP contribution in [0.5, 0.6) is 0 Å². The summed E-state index contributed by atoms with van der Waals surface area (Å²) in [4.78, 5) is 16.1. The number of hydrogen-bond acceptors (Lipinski definition) is 3. The molecule has 1 aromatic carbocycles. The topological polar surface area (TPSA) is 77.8 Å². The molecule has 1 aromatic heterocycles. The molecule has 5 nitrogen and oxygen atoms in total. The lowest BCUT2D eigenvalue weighted by Gasteiger charge is -2.10. The van der Waals surface area contributed by atoms with E-state index in [1.165, 1.54) is 17.3 Å². The quantitative estimate of drug-likeness (QED) is 0.894. The van der Waals surface area contributed by atoms with Gasteiger partial charge in [-0.05, 0) is 35.6 Å². The fourth-order valence-corrected chi connectivity index (χ4v) is 3.39. The van der Waals surface area contributed by atoms with Gasteiger partial charge in [0.05, 0.1) is 5.56 Å². The van der Waals surface area contributed by atoms with Crippen LogP contribution in [-0.4, -0.2) is 17.1 Å². The molecule has 0 bridgehead atoms. The van der Waals surface area contributed by atoms with E-state index in [0.717, 1.165) is 6.42 Å². The molecule has 2 aliphatic rings. The Bertz CT molecular complexity index is 788. The van der Waals surface area contributed by atoms with Gasteiger partial charge in [-0.2, -0.15) is 5.26 Å². The zero-order valence-electron chi connectivity index (χ0n) is 11.8. The number of amides is 2. The summed E-state index contributed by atoms with van der Waals surface area (Å²) in [5.74, 6) is 1.43. The Labute approximate surface area is 131 Å². The molecular weight excluding hydrogens is 276 g/mol. The molecule has 2 amide bonds. The molecule has 2 aliphatic carbocycles. The minimum Gasteiger partial charge on any atom is -0.334 e. The predicted octanol–water partition coefficient (Wildman–Crippen LogP) is 2.91. The highest BCUT2D eigenvalue weighted by molar-refractivity contribution is 5.89. The molecule has 0 spiro atoms. The lowest BCUT2D eigenvalue weighted by Crippen LogP contribution is -2.33. The zero-order valence-corrected chi connectivity index (χ0v) is 11.8. The van der Waals surface area contributed by atoms with Gasteiger partial charge in [-0.3, -0.25) is 5.32 Å². The van der Waals surface area contributed by atoms with Crippen LogP contribution in [0.15, 0.2) is 42.6 Å². The van der Waals surface area contributed by atoms with Gasteiger partial charge >= 0.3 is 6.03 Å². The van der Waals surface area contributed by atoms with Gasteiger partial charge < -0.3 is 5.32 Å². The highest BCUT2D eigenvalue weighted by atomic mass is 16.2. The van der Waals surface area contributed by atoms with Crippen LogP contribution in [0, 0.1) is 17.2 Å². The van der Waals surface area contributed by atoms with Crippen molar-refractivity contribution < 1.29 is 7.65 Å². The molecule has 0 aliphatic heterocycles. The third-order valence-corrected chi connectivity index (χ3v) is 4.47. The van der Waals surface area contributed by atoms with Gasteiger partial charge in [-0.1, -0.05) is 24.3 Å². The van der Waals surface area contributed by atoms with Crippen LogP contribution in [-0.2, 0) is 6.42 Å². The summed E-state index contributed by atoms with van der Waals surface area (Å²) < 4.78 is 0. The summed E-state index contributed by atoms with van der Waals surface area (Å²) in [5, 5.41) is 14.4. The van der Waals surface area contributed by atoms with Crippen molar-refractivity contribution >= 4 is 11.8 Å². The Balaban J connectivity index is 0.00000104. The molecule has 0 unspecified atom stereocenters. The van der Waals surface area contributed by atoms with Crippen molar-refractivity contribution in [2.45, 2.75) is 18.4 Å². The molecule has 4 rings (SSSR count). The largest absolute Gasteiger partial charge is 0.334 e. The highest BCUT2D eigenvalue weighted by Gasteiger charge is 2.56. The lowest BCUT2D eigenvalue weighted by atomic mass is 10.1. The molecule has 1 heterocycles. The SMILES string of the molecule is N#Cc1ccc(NC(=O)N[C@@H]2[C@@H]3Cc4ccccc4[C@@H]32)nc1.[HH].[HH]. The maximum Gasteiger partial charge on any atom is 0.320 e. The Hall–Kier alpha value is -2.87. The standard InChI is InChI=1S/C17H14N4O.2H2/c18-8-10-5-6-14(19-9-10)20-17(22)21-16-13-7-11-3-1-2-4-12(11)15(13)16;;/h1-6,9,13,15-16H,7H2,(H2,19,20,21,22);2*1H/t13-,15+,16-;;/m1../s1. The fourth-order valence-electron chi connectivity index (χ4n) is 3.39. The van der Waals surface area contributed by atoms with Crippen LogP contribution in [0.3, 0.4) is 0 Å². The van der Waals surface area contributed by atoms with Crippen LogP contribution in [0.4, 0.5) is 10.6 Å². The number of rotatable bonds is 2. The van der Waals surface area contributed by atoms with E-state index in [2.05, 4.69) is 39.9 Å². The molecule has 1 fully saturated rings. The third kappa shape index (κ3) is 2.09. The summed E-state index contributed by atoms with van der Waals surface area (Å²) in [6.45, 7) is 0. The average molecular weight is 294 g/mol. The van der Waals surface area contributed by atoms with E-state index in [-0.39, 0.29) is 14.9 Å². The molecule has 2 N–H and O–H groups in total. The first-order chi connectivity index (χ1) is 10.8. The van der Waals surface area contributed by atoms with Crippen LogP contribution >= 0.6 is 0 Å². The molecule has 3 atom stereocenters. The number of benzene rings is 1. The number of pyridine rings is 1. The number of nitrogens with zero attached hydrogens (tertiary/aromatic N) is 2. The summed E-state index contributed by atoms with van der Waals surface area (Å²) in [7, 11) is 0. The van der Waals surface area contributed by atoms with Crippen LogP contribution < -0.4 is 10.6 Å². The molecular formula is C17H18N4O. The number of nitrogens with one attached hydrogen (secondary N) is 2. The highest BCUT2D eigenvalue weighted by Crippen LogP contribution is 2.56. The van der Waals surface area contributed by atoms with Crippen molar-refractivity contribution in [2.24, 2.45) is 5.92 Å². The second-order valence-corrected chi connectivity index (χ2v) is 5.76. The molecule has 1 saturated carbocycles. The number of nitriles is 1. The van der Waals surface area contributed by atoms with Gasteiger partial charge in [0.1, 0.15) is 11.9 Å². The van der Waals surface area contributed by atoms with Crippen LogP contribution in [0.2, 0.25) is 0 Å². The van der Waals surface area contributed by atoms with Gasteiger partial charge in [0, 0.05) is 21.0 Å². The average Bonchev–Trinajstić information content (AvgIpc) is 3.05. The number of carbonyl (C=O) groups excluding carboxylic acids is 1. The minimum atomic E-state index is -0.242. The first-order valence-corrected chi connectivity index (χ1v) is 7.28. The summed E-state index contributed by atoms with van der Waals surface area (Å²) >= 11 is 0. The van der Waals surface area contributed by atoms with E-state index in [1.807, 2.05) is 6.07 Å². The van der Waals surface area contributed by atoms with Gasteiger partial charge in [-0.15, -0.1) is 0 Å². The number of urea groups is 1. The molecule has 5 heteroatoms. The van der Waals surface area contributed by atoms with Crippen molar-refractivity contribution in [3.63, 3.8) is 0 Å². The maximum atomic E-state index is 12.0. The molecule has 0 saturated heterocycles. The lowest BCUT2D eigenvalue weighted by molar-refractivity contribution is 0.251. The minimum absolute atomic E-state index is 0.